The van der Waals surface area contributed by atoms with Crippen LogP contribution in [0.5, 0.6) is 0 Å². The third-order valence-corrected chi connectivity index (χ3v) is 4.31. The van der Waals surface area contributed by atoms with Gasteiger partial charge in [0.15, 0.2) is 0 Å². The summed E-state index contributed by atoms with van der Waals surface area (Å²) in [6.45, 7) is 1.16. The molecule has 1 saturated carbocycles. The predicted octanol–water partition coefficient (Wildman–Crippen LogP) is -0.556. The summed E-state index contributed by atoms with van der Waals surface area (Å²) in [6, 6.07) is -0.0613. The Morgan fingerprint density at radius 3 is 2.78 bits per heavy atom. The molecule has 0 aromatic rings. The van der Waals surface area contributed by atoms with Crippen molar-refractivity contribution in [3.8, 4) is 0 Å². The van der Waals surface area contributed by atoms with Crippen molar-refractivity contribution in [3.63, 3.8) is 0 Å². The highest BCUT2D eigenvalue weighted by Crippen LogP contribution is 2.42. The number of likely N-dealkylation sites (tertiary alicyclic amines) is 1. The highest BCUT2D eigenvalue weighted by atomic mass is 16.4. The van der Waals surface area contributed by atoms with Crippen molar-refractivity contribution in [1.29, 1.82) is 0 Å². The summed E-state index contributed by atoms with van der Waals surface area (Å²) in [6.07, 6.45) is 2.10. The van der Waals surface area contributed by atoms with Gasteiger partial charge in [-0.3, -0.25) is 14.4 Å². The fourth-order valence-corrected chi connectivity index (χ4v) is 3.18. The van der Waals surface area contributed by atoms with E-state index >= 15 is 0 Å². The van der Waals surface area contributed by atoms with Crippen LogP contribution in [0.15, 0.2) is 0 Å². The minimum atomic E-state index is -0.887. The van der Waals surface area contributed by atoms with Crippen LogP contribution >= 0.6 is 0 Å². The van der Waals surface area contributed by atoms with Gasteiger partial charge in [-0.1, -0.05) is 0 Å². The standard InChI is InChI=1S/C12H16N2O4/c15-10-6-2-1-3-14(9(6)5-13-10)11(16)7-4-8(7)12(17)18/h6-9H,1-5H2,(H,13,15)(H,17,18). The second-order valence-electron chi connectivity index (χ2n) is 5.38. The largest absolute Gasteiger partial charge is 0.481 e. The Kier molecular flexibility index (Phi) is 2.53. The molecule has 1 aliphatic carbocycles. The molecule has 4 atom stereocenters. The number of carboxylic acid groups (broad SMARTS) is 1. The average Bonchev–Trinajstić information content (AvgIpc) is 3.08. The van der Waals surface area contributed by atoms with Crippen molar-refractivity contribution in [2.75, 3.05) is 13.1 Å². The van der Waals surface area contributed by atoms with E-state index in [1.54, 1.807) is 4.90 Å². The second kappa shape index (κ2) is 3.96. The maximum atomic E-state index is 12.2. The molecule has 0 bridgehead atoms. The van der Waals surface area contributed by atoms with Gasteiger partial charge < -0.3 is 15.3 Å². The fourth-order valence-electron chi connectivity index (χ4n) is 3.18. The van der Waals surface area contributed by atoms with Gasteiger partial charge in [0, 0.05) is 13.1 Å². The lowest BCUT2D eigenvalue weighted by Gasteiger charge is -2.36. The van der Waals surface area contributed by atoms with Crippen LogP contribution in [0.25, 0.3) is 0 Å². The highest BCUT2D eigenvalue weighted by molar-refractivity contribution is 5.91. The van der Waals surface area contributed by atoms with Crippen molar-refractivity contribution < 1.29 is 19.5 Å². The van der Waals surface area contributed by atoms with Gasteiger partial charge in [-0.15, -0.1) is 0 Å². The summed E-state index contributed by atoms with van der Waals surface area (Å²) in [5.41, 5.74) is 0. The van der Waals surface area contributed by atoms with Crippen molar-refractivity contribution in [2.24, 2.45) is 17.8 Å². The Labute approximate surface area is 104 Å². The van der Waals surface area contributed by atoms with Gasteiger partial charge >= 0.3 is 5.97 Å². The van der Waals surface area contributed by atoms with Crippen LogP contribution in [0, 0.1) is 17.8 Å². The Bertz CT molecular complexity index is 422. The number of nitrogens with zero attached hydrogens (tertiary/aromatic N) is 1. The monoisotopic (exact) mass is 252 g/mol. The van der Waals surface area contributed by atoms with E-state index in [0.29, 0.717) is 19.5 Å². The van der Waals surface area contributed by atoms with Crippen molar-refractivity contribution in [2.45, 2.75) is 25.3 Å². The first-order chi connectivity index (χ1) is 8.59. The molecule has 0 aromatic heterocycles. The number of hydrogen-bond donors (Lipinski definition) is 2. The summed E-state index contributed by atoms with van der Waals surface area (Å²) < 4.78 is 0. The van der Waals surface area contributed by atoms with Crippen LogP contribution in [0.4, 0.5) is 0 Å². The number of aliphatic carboxylic acids is 1. The van der Waals surface area contributed by atoms with E-state index < -0.39 is 11.9 Å². The molecule has 2 heterocycles. The molecule has 3 rings (SSSR count). The number of piperidine rings is 1. The van der Waals surface area contributed by atoms with Crippen molar-refractivity contribution in [3.05, 3.63) is 0 Å². The van der Waals surface area contributed by atoms with Gasteiger partial charge in [-0.05, 0) is 19.3 Å². The number of hydrogen-bond acceptors (Lipinski definition) is 3. The third kappa shape index (κ3) is 1.67. The number of nitrogens with one attached hydrogen (secondary N) is 1. The van der Waals surface area contributed by atoms with E-state index in [4.69, 9.17) is 5.11 Å². The van der Waals surface area contributed by atoms with Gasteiger partial charge in [0.25, 0.3) is 0 Å². The van der Waals surface area contributed by atoms with Crippen LogP contribution in [0.2, 0.25) is 0 Å². The summed E-state index contributed by atoms with van der Waals surface area (Å²) in [4.78, 5) is 36.4. The number of carbonyl (C=O) groups is 3. The van der Waals surface area contributed by atoms with Crippen molar-refractivity contribution >= 4 is 17.8 Å². The molecular weight excluding hydrogens is 236 g/mol. The first-order valence-corrected chi connectivity index (χ1v) is 6.40. The van der Waals surface area contributed by atoms with Gasteiger partial charge in [0.1, 0.15) is 0 Å². The van der Waals surface area contributed by atoms with E-state index in [2.05, 4.69) is 5.32 Å². The zero-order valence-electron chi connectivity index (χ0n) is 9.96. The van der Waals surface area contributed by atoms with E-state index in [-0.39, 0.29) is 29.7 Å². The van der Waals surface area contributed by atoms with E-state index in [1.165, 1.54) is 0 Å². The molecule has 98 valence electrons. The predicted molar refractivity (Wildman–Crippen MR) is 60.5 cm³/mol. The first kappa shape index (κ1) is 11.5. The van der Waals surface area contributed by atoms with Crippen LogP contribution < -0.4 is 5.32 Å². The normalized spacial score (nSPS) is 38.0. The van der Waals surface area contributed by atoms with Gasteiger partial charge in [0.2, 0.25) is 11.8 Å². The van der Waals surface area contributed by atoms with Crippen LogP contribution in [0.3, 0.4) is 0 Å². The zero-order chi connectivity index (χ0) is 12.9. The van der Waals surface area contributed by atoms with E-state index in [1.807, 2.05) is 0 Å². The number of amides is 2. The molecule has 3 aliphatic rings. The Morgan fingerprint density at radius 2 is 2.11 bits per heavy atom. The topological polar surface area (TPSA) is 86.7 Å². The molecule has 0 spiro atoms. The molecule has 4 unspecified atom stereocenters. The number of carbonyl (C=O) groups excluding carboxylic acids is 2. The molecule has 2 aliphatic heterocycles. The maximum absolute atomic E-state index is 12.2. The summed E-state index contributed by atoms with van der Waals surface area (Å²) in [7, 11) is 0. The molecule has 18 heavy (non-hydrogen) atoms. The average molecular weight is 252 g/mol. The molecular formula is C12H16N2O4. The van der Waals surface area contributed by atoms with Crippen LogP contribution in [-0.4, -0.2) is 46.9 Å². The highest BCUT2D eigenvalue weighted by Gasteiger charge is 2.52. The van der Waals surface area contributed by atoms with Gasteiger partial charge in [0.05, 0.1) is 23.8 Å². The third-order valence-electron chi connectivity index (χ3n) is 4.31. The SMILES string of the molecule is O=C(O)C1CC1C(=O)N1CCCC2C(=O)NCC21. The lowest BCUT2D eigenvalue weighted by atomic mass is 9.91. The lowest BCUT2D eigenvalue weighted by molar-refractivity contribution is -0.144. The Morgan fingerprint density at radius 1 is 1.33 bits per heavy atom. The molecule has 2 amide bonds. The molecule has 0 radical (unpaired) electrons. The molecule has 6 heteroatoms. The lowest BCUT2D eigenvalue weighted by Crippen LogP contribution is -2.49. The van der Waals surface area contributed by atoms with Crippen LogP contribution in [0.1, 0.15) is 19.3 Å². The summed E-state index contributed by atoms with van der Waals surface area (Å²) in [5.74, 6) is -1.90. The molecule has 6 nitrogen and oxygen atoms in total. The van der Waals surface area contributed by atoms with Gasteiger partial charge in [-0.2, -0.15) is 0 Å². The maximum Gasteiger partial charge on any atom is 0.307 e. The van der Waals surface area contributed by atoms with E-state index in [0.717, 1.165) is 12.8 Å². The van der Waals surface area contributed by atoms with Crippen molar-refractivity contribution in [1.82, 2.24) is 10.2 Å². The first-order valence-electron chi connectivity index (χ1n) is 6.40. The smallest absolute Gasteiger partial charge is 0.307 e. The molecule has 2 N–H and O–H groups in total. The minimum absolute atomic E-state index is 0.0306. The van der Waals surface area contributed by atoms with Gasteiger partial charge in [-0.25, -0.2) is 0 Å². The number of fused-ring (bicyclic) bond motifs is 1. The van der Waals surface area contributed by atoms with E-state index in [9.17, 15) is 14.4 Å². The Hall–Kier alpha value is -1.59. The summed E-state index contributed by atoms with van der Waals surface area (Å²) in [5, 5.41) is 11.7. The quantitative estimate of drug-likeness (QED) is 0.690. The second-order valence-corrected chi connectivity index (χ2v) is 5.38. The molecule has 3 fully saturated rings. The molecule has 2 saturated heterocycles. The summed E-state index contributed by atoms with van der Waals surface area (Å²) >= 11 is 0. The molecule has 0 aromatic carbocycles. The zero-order valence-corrected chi connectivity index (χ0v) is 9.96. The Balaban J connectivity index is 1.71. The van der Waals surface area contributed by atoms with Crippen LogP contribution in [-0.2, 0) is 14.4 Å². The number of rotatable bonds is 2. The number of carboxylic acids is 1. The minimum Gasteiger partial charge on any atom is -0.481 e. The fraction of sp³-hybridized carbons (Fsp3) is 0.750.